The van der Waals surface area contributed by atoms with Gasteiger partial charge in [-0.15, -0.1) is 13.2 Å². The molecule has 0 radical (unpaired) electrons. The summed E-state index contributed by atoms with van der Waals surface area (Å²) in [5.74, 6) is -0.446. The first-order valence-corrected chi connectivity index (χ1v) is 3.47. The van der Waals surface area contributed by atoms with E-state index in [0.717, 1.165) is 12.1 Å². The molecule has 0 amide bonds. The SMILES string of the molecule is O=COc1cccc(OC(F)(F)F)c1. The van der Waals surface area contributed by atoms with Crippen molar-refractivity contribution in [1.82, 2.24) is 0 Å². The molecule has 1 aromatic rings. The summed E-state index contributed by atoms with van der Waals surface area (Å²) in [6.07, 6.45) is -4.75. The molecule has 1 rings (SSSR count). The van der Waals surface area contributed by atoms with Crippen molar-refractivity contribution in [3.8, 4) is 11.5 Å². The second kappa shape index (κ2) is 3.99. The molecule has 0 atom stereocenters. The monoisotopic (exact) mass is 206 g/mol. The van der Waals surface area contributed by atoms with Gasteiger partial charge in [-0.05, 0) is 12.1 Å². The van der Waals surface area contributed by atoms with Crippen LogP contribution >= 0.6 is 0 Å². The topological polar surface area (TPSA) is 35.5 Å². The molecule has 76 valence electrons. The van der Waals surface area contributed by atoms with Crippen LogP contribution in [0, 0.1) is 0 Å². The van der Waals surface area contributed by atoms with Crippen LogP contribution in [0.15, 0.2) is 24.3 Å². The van der Waals surface area contributed by atoms with Crippen LogP contribution in [0.25, 0.3) is 0 Å². The highest BCUT2D eigenvalue weighted by molar-refractivity contribution is 5.46. The third-order valence-corrected chi connectivity index (χ3v) is 1.22. The van der Waals surface area contributed by atoms with E-state index in [4.69, 9.17) is 0 Å². The van der Waals surface area contributed by atoms with Gasteiger partial charge in [0.05, 0.1) is 0 Å². The van der Waals surface area contributed by atoms with Gasteiger partial charge in [-0.25, -0.2) is 0 Å². The van der Waals surface area contributed by atoms with E-state index in [1.807, 2.05) is 0 Å². The average Bonchev–Trinajstić information content (AvgIpc) is 2.02. The maximum absolute atomic E-state index is 11.7. The minimum atomic E-state index is -4.75. The fourth-order valence-electron chi connectivity index (χ4n) is 0.800. The second-order valence-corrected chi connectivity index (χ2v) is 2.24. The van der Waals surface area contributed by atoms with Crippen LogP contribution < -0.4 is 9.47 Å². The molecule has 0 aliphatic heterocycles. The summed E-state index contributed by atoms with van der Waals surface area (Å²) in [6, 6.07) is 4.67. The Morgan fingerprint density at radius 1 is 1.21 bits per heavy atom. The standard InChI is InChI=1S/C8H5F3O3/c9-8(10,11)14-7-3-1-2-6(4-7)13-5-12/h1-5H. The second-order valence-electron chi connectivity index (χ2n) is 2.24. The molecular formula is C8H5F3O3. The fraction of sp³-hybridized carbons (Fsp3) is 0.125. The van der Waals surface area contributed by atoms with Crippen molar-refractivity contribution in [2.24, 2.45) is 0 Å². The van der Waals surface area contributed by atoms with E-state index >= 15 is 0 Å². The van der Waals surface area contributed by atoms with E-state index in [2.05, 4.69) is 9.47 Å². The number of alkyl halides is 3. The highest BCUT2D eigenvalue weighted by atomic mass is 19.4. The Morgan fingerprint density at radius 2 is 1.86 bits per heavy atom. The lowest BCUT2D eigenvalue weighted by Gasteiger charge is -2.08. The lowest BCUT2D eigenvalue weighted by atomic mass is 10.3. The molecule has 3 nitrogen and oxygen atoms in total. The average molecular weight is 206 g/mol. The first kappa shape index (κ1) is 10.4. The van der Waals surface area contributed by atoms with Gasteiger partial charge in [0.1, 0.15) is 11.5 Å². The van der Waals surface area contributed by atoms with Crippen molar-refractivity contribution in [1.29, 1.82) is 0 Å². The van der Waals surface area contributed by atoms with E-state index in [1.54, 1.807) is 0 Å². The zero-order chi connectivity index (χ0) is 10.6. The zero-order valence-corrected chi connectivity index (χ0v) is 6.75. The van der Waals surface area contributed by atoms with Crippen molar-refractivity contribution >= 4 is 6.47 Å². The number of hydrogen-bond acceptors (Lipinski definition) is 3. The van der Waals surface area contributed by atoms with E-state index in [0.29, 0.717) is 0 Å². The molecule has 0 spiro atoms. The van der Waals surface area contributed by atoms with Crippen molar-refractivity contribution in [2.45, 2.75) is 6.36 Å². The summed E-state index contributed by atoms with van der Waals surface area (Å²) < 4.78 is 43.1. The molecular weight excluding hydrogens is 201 g/mol. The van der Waals surface area contributed by atoms with E-state index < -0.39 is 12.1 Å². The Balaban J connectivity index is 2.78. The van der Waals surface area contributed by atoms with Gasteiger partial charge in [0.25, 0.3) is 6.47 Å². The summed E-state index contributed by atoms with van der Waals surface area (Å²) in [6.45, 7) is 0.118. The van der Waals surface area contributed by atoms with Crippen LogP contribution in [0.5, 0.6) is 11.5 Å². The molecule has 0 aliphatic carbocycles. The molecule has 0 bridgehead atoms. The number of carbonyl (C=O) groups excluding carboxylic acids is 1. The van der Waals surface area contributed by atoms with Crippen molar-refractivity contribution in [3.63, 3.8) is 0 Å². The van der Waals surface area contributed by atoms with Crippen LogP contribution in [0.1, 0.15) is 0 Å². The van der Waals surface area contributed by atoms with Crippen molar-refractivity contribution in [2.75, 3.05) is 0 Å². The van der Waals surface area contributed by atoms with Gasteiger partial charge in [0.15, 0.2) is 0 Å². The van der Waals surface area contributed by atoms with Crippen LogP contribution in [-0.4, -0.2) is 12.8 Å². The highest BCUT2D eigenvalue weighted by Gasteiger charge is 2.31. The molecule has 0 fully saturated rings. The summed E-state index contributed by atoms with van der Waals surface area (Å²) in [7, 11) is 0. The number of benzene rings is 1. The fourth-order valence-corrected chi connectivity index (χ4v) is 0.800. The number of rotatable bonds is 3. The first-order valence-electron chi connectivity index (χ1n) is 3.47. The number of halogens is 3. The van der Waals surface area contributed by atoms with Gasteiger partial charge in [-0.3, -0.25) is 4.79 Å². The Bertz CT molecular complexity index is 322. The van der Waals surface area contributed by atoms with E-state index in [9.17, 15) is 18.0 Å². The van der Waals surface area contributed by atoms with Crippen molar-refractivity contribution in [3.05, 3.63) is 24.3 Å². The summed E-state index contributed by atoms with van der Waals surface area (Å²) in [5, 5.41) is 0. The molecule has 0 aromatic heterocycles. The van der Waals surface area contributed by atoms with Gasteiger partial charge in [-0.1, -0.05) is 6.07 Å². The van der Waals surface area contributed by atoms with E-state index in [1.165, 1.54) is 12.1 Å². The van der Waals surface area contributed by atoms with Gasteiger partial charge in [-0.2, -0.15) is 0 Å². The largest absolute Gasteiger partial charge is 0.573 e. The first-order chi connectivity index (χ1) is 6.51. The minimum Gasteiger partial charge on any atom is -0.429 e. The highest BCUT2D eigenvalue weighted by Crippen LogP contribution is 2.25. The maximum atomic E-state index is 11.7. The van der Waals surface area contributed by atoms with Gasteiger partial charge >= 0.3 is 6.36 Å². The zero-order valence-electron chi connectivity index (χ0n) is 6.75. The van der Waals surface area contributed by atoms with Gasteiger partial charge < -0.3 is 9.47 Å². The predicted molar refractivity (Wildman–Crippen MR) is 39.8 cm³/mol. The quantitative estimate of drug-likeness (QED) is 0.710. The molecule has 1 aromatic carbocycles. The molecule has 0 saturated carbocycles. The van der Waals surface area contributed by atoms with Crippen LogP contribution in [-0.2, 0) is 4.79 Å². The lowest BCUT2D eigenvalue weighted by Crippen LogP contribution is -2.17. The molecule has 0 aliphatic rings. The number of ether oxygens (including phenoxy) is 2. The Kier molecular flexibility index (Phi) is 2.95. The Hall–Kier alpha value is -1.72. The van der Waals surface area contributed by atoms with Crippen LogP contribution in [0.3, 0.4) is 0 Å². The molecule has 6 heteroatoms. The summed E-state index contributed by atoms with van der Waals surface area (Å²) in [5.41, 5.74) is 0. The van der Waals surface area contributed by atoms with Gasteiger partial charge in [0, 0.05) is 6.07 Å². The number of hydrogen-bond donors (Lipinski definition) is 0. The summed E-state index contributed by atoms with van der Waals surface area (Å²) >= 11 is 0. The smallest absolute Gasteiger partial charge is 0.429 e. The molecule has 0 saturated heterocycles. The third kappa shape index (κ3) is 3.34. The van der Waals surface area contributed by atoms with E-state index in [-0.39, 0.29) is 12.2 Å². The lowest BCUT2D eigenvalue weighted by molar-refractivity contribution is -0.274. The molecule has 0 unspecified atom stereocenters. The van der Waals surface area contributed by atoms with Crippen molar-refractivity contribution < 1.29 is 27.4 Å². The predicted octanol–water partition coefficient (Wildman–Crippen LogP) is 2.12. The summed E-state index contributed by atoms with van der Waals surface area (Å²) in [4.78, 5) is 9.89. The Labute approximate surface area is 77.0 Å². The molecule has 14 heavy (non-hydrogen) atoms. The molecule has 0 heterocycles. The third-order valence-electron chi connectivity index (χ3n) is 1.22. The molecule has 0 N–H and O–H groups in total. The normalized spacial score (nSPS) is 10.8. The number of carbonyl (C=O) groups is 1. The Morgan fingerprint density at radius 3 is 2.43 bits per heavy atom. The van der Waals surface area contributed by atoms with Gasteiger partial charge in [0.2, 0.25) is 0 Å². The van der Waals surface area contributed by atoms with Crippen LogP contribution in [0.2, 0.25) is 0 Å². The van der Waals surface area contributed by atoms with Crippen LogP contribution in [0.4, 0.5) is 13.2 Å². The minimum absolute atomic E-state index is 0.0123. The maximum Gasteiger partial charge on any atom is 0.573 e.